The third-order valence-corrected chi connectivity index (χ3v) is 6.26. The van der Waals surface area contributed by atoms with Crippen molar-refractivity contribution in [2.75, 3.05) is 19.3 Å². The van der Waals surface area contributed by atoms with Crippen LogP contribution in [0.4, 0.5) is 4.39 Å². The van der Waals surface area contributed by atoms with Crippen molar-refractivity contribution < 1.29 is 13.9 Å². The molecule has 1 aliphatic rings. The zero-order chi connectivity index (χ0) is 22.5. The number of carbonyl (C=O) groups is 1. The van der Waals surface area contributed by atoms with Gasteiger partial charge >= 0.3 is 0 Å². The Morgan fingerprint density at radius 2 is 2.13 bits per heavy atom. The zero-order valence-corrected chi connectivity index (χ0v) is 20.1. The molecular formula is C24H30ClFN2O2S. The molecular weight excluding hydrogens is 435 g/mol. The first-order valence-corrected chi connectivity index (χ1v) is 12.2. The fourth-order valence-corrected chi connectivity index (χ4v) is 4.49. The van der Waals surface area contributed by atoms with Crippen LogP contribution in [0.1, 0.15) is 59.7 Å². The summed E-state index contributed by atoms with van der Waals surface area (Å²) in [6.45, 7) is 8.55. The van der Waals surface area contributed by atoms with Crippen LogP contribution in [-0.2, 0) is 6.54 Å². The number of ether oxygens (including phenoxy) is 1. The molecule has 168 valence electrons. The van der Waals surface area contributed by atoms with Gasteiger partial charge in [0.25, 0.3) is 5.91 Å². The van der Waals surface area contributed by atoms with E-state index in [0.717, 1.165) is 66.1 Å². The number of nitrogens with one attached hydrogen (secondary N) is 1. The lowest BCUT2D eigenvalue weighted by Gasteiger charge is -2.33. The summed E-state index contributed by atoms with van der Waals surface area (Å²) >= 11 is 7.57. The van der Waals surface area contributed by atoms with E-state index in [4.69, 9.17) is 16.3 Å². The quantitative estimate of drug-likeness (QED) is 0.513. The highest BCUT2D eigenvalue weighted by molar-refractivity contribution is 7.97. The Bertz CT molecular complexity index is 938. The number of hydrogen-bond donors (Lipinski definition) is 1. The molecule has 0 bridgehead atoms. The van der Waals surface area contributed by atoms with Gasteiger partial charge in [-0.2, -0.15) is 0 Å². The number of carbonyl (C=O) groups excluding carboxylic acids is 1. The van der Waals surface area contributed by atoms with Gasteiger partial charge < -0.3 is 4.74 Å². The number of hydrogen-bond acceptors (Lipinski definition) is 4. The summed E-state index contributed by atoms with van der Waals surface area (Å²) in [5.74, 6) is -0.377. The minimum Gasteiger partial charge on any atom is -0.489 e. The van der Waals surface area contributed by atoms with Gasteiger partial charge in [-0.05, 0) is 61.1 Å². The van der Waals surface area contributed by atoms with Gasteiger partial charge in [-0.1, -0.05) is 49.5 Å². The molecule has 0 spiro atoms. The molecule has 1 heterocycles. The van der Waals surface area contributed by atoms with Crippen LogP contribution in [0.2, 0.25) is 5.02 Å². The predicted octanol–water partition coefficient (Wildman–Crippen LogP) is 5.96. The molecule has 1 N–H and O–H groups in total. The van der Waals surface area contributed by atoms with Crippen LogP contribution in [0.15, 0.2) is 30.3 Å². The summed E-state index contributed by atoms with van der Waals surface area (Å²) < 4.78 is 23.6. The Morgan fingerprint density at radius 1 is 1.35 bits per heavy atom. The Kier molecular flexibility index (Phi) is 8.25. The Balaban J connectivity index is 1.75. The van der Waals surface area contributed by atoms with E-state index in [-0.39, 0.29) is 17.6 Å². The normalized spacial score (nSPS) is 17.1. The maximum Gasteiger partial charge on any atom is 0.264 e. The van der Waals surface area contributed by atoms with E-state index in [0.29, 0.717) is 5.75 Å². The largest absolute Gasteiger partial charge is 0.489 e. The molecule has 1 atom stereocenters. The Morgan fingerprint density at radius 3 is 2.81 bits per heavy atom. The molecule has 1 amide bonds. The average molecular weight is 465 g/mol. The van der Waals surface area contributed by atoms with Crippen LogP contribution in [-0.4, -0.2) is 36.3 Å². The fraction of sp³-hybridized carbons (Fsp3) is 0.458. The number of piperidine rings is 1. The third kappa shape index (κ3) is 6.15. The van der Waals surface area contributed by atoms with Gasteiger partial charge in [0.15, 0.2) is 0 Å². The molecule has 1 aliphatic heterocycles. The van der Waals surface area contributed by atoms with Gasteiger partial charge in [0.05, 0.1) is 5.56 Å². The van der Waals surface area contributed by atoms with Crippen molar-refractivity contribution in [1.29, 1.82) is 0 Å². The number of amides is 1. The molecule has 1 unspecified atom stereocenters. The van der Waals surface area contributed by atoms with Crippen LogP contribution >= 0.6 is 23.5 Å². The van der Waals surface area contributed by atoms with Gasteiger partial charge in [-0.3, -0.25) is 14.4 Å². The number of nitrogens with zero attached hydrogens (tertiary/aromatic N) is 1. The molecule has 1 saturated heterocycles. The zero-order valence-electron chi connectivity index (χ0n) is 18.5. The van der Waals surface area contributed by atoms with Crippen LogP contribution in [0, 0.1) is 12.7 Å². The summed E-state index contributed by atoms with van der Waals surface area (Å²) in [7, 11) is 0. The van der Waals surface area contributed by atoms with Crippen LogP contribution in [0.5, 0.6) is 5.75 Å². The number of aryl methyl sites for hydroxylation is 1. The molecule has 4 nitrogen and oxygen atoms in total. The molecule has 2 aromatic carbocycles. The fourth-order valence-electron chi connectivity index (χ4n) is 3.90. The maximum absolute atomic E-state index is 14.7. The van der Waals surface area contributed by atoms with Crippen molar-refractivity contribution in [2.24, 2.45) is 0 Å². The maximum atomic E-state index is 14.7. The van der Waals surface area contributed by atoms with Crippen LogP contribution in [0.3, 0.4) is 0 Å². The van der Waals surface area contributed by atoms with E-state index >= 15 is 0 Å². The third-order valence-electron chi connectivity index (χ3n) is 5.52. The molecule has 0 radical (unpaired) electrons. The summed E-state index contributed by atoms with van der Waals surface area (Å²) in [6.07, 6.45) is 3.60. The first-order chi connectivity index (χ1) is 14.8. The summed E-state index contributed by atoms with van der Waals surface area (Å²) in [5, 5.41) is 0.784. The van der Waals surface area contributed by atoms with Gasteiger partial charge in [-0.25, -0.2) is 4.39 Å². The minimum atomic E-state index is -0.565. The first-order valence-electron chi connectivity index (χ1n) is 10.6. The lowest BCUT2D eigenvalue weighted by Crippen LogP contribution is -2.40. The molecule has 2 aromatic rings. The van der Waals surface area contributed by atoms with E-state index in [2.05, 4.69) is 21.8 Å². The number of halogens is 2. The van der Waals surface area contributed by atoms with Crippen molar-refractivity contribution >= 4 is 29.5 Å². The highest BCUT2D eigenvalue weighted by Crippen LogP contribution is 2.32. The molecule has 0 saturated carbocycles. The minimum absolute atomic E-state index is 0.0410. The van der Waals surface area contributed by atoms with Crippen molar-refractivity contribution in [3.05, 3.63) is 63.4 Å². The monoisotopic (exact) mass is 464 g/mol. The number of rotatable bonds is 7. The van der Waals surface area contributed by atoms with E-state index in [1.165, 1.54) is 6.07 Å². The van der Waals surface area contributed by atoms with Crippen molar-refractivity contribution in [3.8, 4) is 5.75 Å². The highest BCUT2D eigenvalue weighted by atomic mass is 35.5. The molecule has 7 heteroatoms. The smallest absolute Gasteiger partial charge is 0.264 e. The SMILES string of the molecule is CSNC(=O)c1cc(C(C)C)c(OC2CCCN(Cc3ccc(C)cc3Cl)C2)cc1F. The number of benzene rings is 2. The van der Waals surface area contributed by atoms with Gasteiger partial charge in [-0.15, -0.1) is 0 Å². The van der Waals surface area contributed by atoms with E-state index in [1.807, 2.05) is 26.8 Å². The topological polar surface area (TPSA) is 41.6 Å². The molecule has 31 heavy (non-hydrogen) atoms. The molecule has 0 aliphatic carbocycles. The molecule has 3 rings (SSSR count). The van der Waals surface area contributed by atoms with Crippen molar-refractivity contribution in [1.82, 2.24) is 9.62 Å². The molecule has 0 aromatic heterocycles. The summed E-state index contributed by atoms with van der Waals surface area (Å²) in [6, 6.07) is 9.12. The predicted molar refractivity (Wildman–Crippen MR) is 127 cm³/mol. The van der Waals surface area contributed by atoms with Crippen LogP contribution < -0.4 is 9.46 Å². The highest BCUT2D eigenvalue weighted by Gasteiger charge is 2.25. The lowest BCUT2D eigenvalue weighted by molar-refractivity contribution is 0.0831. The second-order valence-electron chi connectivity index (χ2n) is 8.37. The van der Waals surface area contributed by atoms with Gasteiger partial charge in [0, 0.05) is 30.4 Å². The van der Waals surface area contributed by atoms with Gasteiger partial charge in [0.1, 0.15) is 17.7 Å². The first kappa shape index (κ1) is 23.9. The van der Waals surface area contributed by atoms with E-state index in [1.54, 1.807) is 12.3 Å². The van der Waals surface area contributed by atoms with Crippen molar-refractivity contribution in [2.45, 2.75) is 52.2 Å². The second kappa shape index (κ2) is 10.7. The molecule has 1 fully saturated rings. The standard InChI is InChI=1S/C24H30ClFN2O2S/c1-15(2)19-11-20(24(29)27-31-4)22(26)12-23(19)30-18-6-5-9-28(14-18)13-17-8-7-16(3)10-21(17)25/h7-8,10-12,15,18H,5-6,9,13-14H2,1-4H3,(H,27,29). The van der Waals surface area contributed by atoms with E-state index in [9.17, 15) is 9.18 Å². The van der Waals surface area contributed by atoms with E-state index < -0.39 is 11.7 Å². The van der Waals surface area contributed by atoms with Crippen LogP contribution in [0.25, 0.3) is 0 Å². The Hall–Kier alpha value is -1.76. The average Bonchev–Trinajstić information content (AvgIpc) is 2.70. The summed E-state index contributed by atoms with van der Waals surface area (Å²) in [5.41, 5.74) is 3.13. The lowest BCUT2D eigenvalue weighted by atomic mass is 9.98. The second-order valence-corrected chi connectivity index (χ2v) is 9.39. The van der Waals surface area contributed by atoms with Gasteiger partial charge in [0.2, 0.25) is 0 Å². The number of likely N-dealkylation sites (tertiary alicyclic amines) is 1. The van der Waals surface area contributed by atoms with Crippen molar-refractivity contribution in [3.63, 3.8) is 0 Å². The summed E-state index contributed by atoms with van der Waals surface area (Å²) in [4.78, 5) is 14.5. The Labute approximate surface area is 193 Å².